The number of hydrogen-bond acceptors (Lipinski definition) is 3. The zero-order chi connectivity index (χ0) is 17.7. The first kappa shape index (κ1) is 18.5. The zero-order valence-corrected chi connectivity index (χ0v) is 15.2. The van der Waals surface area contributed by atoms with E-state index >= 15 is 0 Å². The number of carbonyl (C=O) groups is 2. The lowest BCUT2D eigenvalue weighted by Gasteiger charge is -2.18. The van der Waals surface area contributed by atoms with E-state index < -0.39 is 0 Å². The lowest BCUT2D eigenvalue weighted by atomic mass is 10.1. The number of anilines is 1. The molecule has 2 N–H and O–H groups in total. The Morgan fingerprint density at radius 3 is 2.71 bits per heavy atom. The monoisotopic (exact) mass is 331 g/mol. The maximum atomic E-state index is 12.4. The molecular formula is C19H29N3O2. The predicted molar refractivity (Wildman–Crippen MR) is 97.2 cm³/mol. The van der Waals surface area contributed by atoms with Crippen LogP contribution in [0.25, 0.3) is 0 Å². The lowest BCUT2D eigenvalue weighted by molar-refractivity contribution is -0.114. The second-order valence-electron chi connectivity index (χ2n) is 7.23. The van der Waals surface area contributed by atoms with Crippen LogP contribution in [0.5, 0.6) is 0 Å². The van der Waals surface area contributed by atoms with E-state index in [1.54, 1.807) is 12.1 Å². The molecule has 1 fully saturated rings. The Morgan fingerprint density at radius 1 is 1.33 bits per heavy atom. The van der Waals surface area contributed by atoms with E-state index in [0.717, 1.165) is 43.9 Å². The number of nitrogens with zero attached hydrogens (tertiary/aromatic N) is 1. The fourth-order valence-corrected chi connectivity index (χ4v) is 3.29. The number of nitrogens with one attached hydrogen (secondary N) is 2. The molecule has 1 aliphatic rings. The van der Waals surface area contributed by atoms with Crippen LogP contribution in [0.15, 0.2) is 18.2 Å². The number of rotatable bonds is 6. The Labute approximate surface area is 144 Å². The Hall–Kier alpha value is -1.88. The second-order valence-corrected chi connectivity index (χ2v) is 7.23. The van der Waals surface area contributed by atoms with Crippen LogP contribution in [0.4, 0.5) is 5.69 Å². The van der Waals surface area contributed by atoms with Gasteiger partial charge in [-0.15, -0.1) is 0 Å². The largest absolute Gasteiger partial charge is 0.352 e. The molecular weight excluding hydrogens is 302 g/mol. The molecule has 2 rings (SSSR count). The van der Waals surface area contributed by atoms with Crippen molar-refractivity contribution < 1.29 is 9.59 Å². The molecule has 5 heteroatoms. The van der Waals surface area contributed by atoms with Crippen LogP contribution >= 0.6 is 0 Å². The summed E-state index contributed by atoms with van der Waals surface area (Å²) in [6, 6.07) is 5.37. The highest BCUT2D eigenvalue weighted by Crippen LogP contribution is 2.18. The van der Waals surface area contributed by atoms with E-state index in [1.165, 1.54) is 6.92 Å². The molecule has 1 aromatic rings. The highest BCUT2D eigenvalue weighted by Gasteiger charge is 2.23. The molecule has 1 aromatic carbocycles. The number of likely N-dealkylation sites (tertiary alicyclic amines) is 1. The van der Waals surface area contributed by atoms with E-state index in [0.29, 0.717) is 17.4 Å². The molecule has 0 radical (unpaired) electrons. The molecule has 132 valence electrons. The maximum Gasteiger partial charge on any atom is 0.251 e. The zero-order valence-electron chi connectivity index (χ0n) is 15.2. The first-order valence-corrected chi connectivity index (χ1v) is 8.74. The van der Waals surface area contributed by atoms with Gasteiger partial charge in [-0.2, -0.15) is 0 Å². The van der Waals surface area contributed by atoms with Crippen LogP contribution in [0.3, 0.4) is 0 Å². The summed E-state index contributed by atoms with van der Waals surface area (Å²) in [6.07, 6.45) is 1.15. The average Bonchev–Trinajstić information content (AvgIpc) is 2.91. The smallest absolute Gasteiger partial charge is 0.251 e. The van der Waals surface area contributed by atoms with Gasteiger partial charge in [0.05, 0.1) is 0 Å². The average molecular weight is 331 g/mol. The lowest BCUT2D eigenvalue weighted by Crippen LogP contribution is -2.32. The minimum absolute atomic E-state index is 0.0378. The Kier molecular flexibility index (Phi) is 6.37. The summed E-state index contributed by atoms with van der Waals surface area (Å²) in [5.41, 5.74) is 2.25. The second kappa shape index (κ2) is 8.29. The van der Waals surface area contributed by atoms with Crippen molar-refractivity contribution in [1.29, 1.82) is 0 Å². The molecule has 1 aliphatic heterocycles. The fraction of sp³-hybridized carbons (Fsp3) is 0.579. The number of carbonyl (C=O) groups excluding carboxylic acids is 2. The minimum Gasteiger partial charge on any atom is -0.352 e. The van der Waals surface area contributed by atoms with E-state index in [-0.39, 0.29) is 11.8 Å². The number of hydrogen-bond donors (Lipinski definition) is 2. The van der Waals surface area contributed by atoms with Crippen LogP contribution < -0.4 is 10.6 Å². The summed E-state index contributed by atoms with van der Waals surface area (Å²) in [5, 5.41) is 5.80. The third-order valence-corrected chi connectivity index (χ3v) is 4.34. The maximum absolute atomic E-state index is 12.4. The predicted octanol–water partition coefficient (Wildman–Crippen LogP) is 2.66. The molecule has 0 aliphatic carbocycles. The van der Waals surface area contributed by atoms with Gasteiger partial charge in [0, 0.05) is 37.8 Å². The molecule has 0 bridgehead atoms. The van der Waals surface area contributed by atoms with Crippen molar-refractivity contribution in [2.24, 2.45) is 11.8 Å². The third kappa shape index (κ3) is 5.34. The standard InChI is InChI=1S/C19H29N3O2/c1-13(2)11-22-8-7-16(12-22)10-20-19(24)18-6-5-17(9-14(18)3)21-15(4)23/h5-6,9,13,16H,7-8,10-12H2,1-4H3,(H,20,24)(H,21,23). The number of aryl methyl sites for hydroxylation is 1. The summed E-state index contributed by atoms with van der Waals surface area (Å²) in [7, 11) is 0. The molecule has 0 aromatic heterocycles. The summed E-state index contributed by atoms with van der Waals surface area (Å²) >= 11 is 0. The van der Waals surface area contributed by atoms with Crippen molar-refractivity contribution in [1.82, 2.24) is 10.2 Å². The molecule has 5 nitrogen and oxygen atoms in total. The van der Waals surface area contributed by atoms with Crippen molar-refractivity contribution in [3.8, 4) is 0 Å². The van der Waals surface area contributed by atoms with Gasteiger partial charge in [0.25, 0.3) is 5.91 Å². The number of benzene rings is 1. The van der Waals surface area contributed by atoms with Crippen LogP contribution in [-0.4, -0.2) is 42.9 Å². The van der Waals surface area contributed by atoms with Gasteiger partial charge in [0.2, 0.25) is 5.91 Å². The van der Waals surface area contributed by atoms with E-state index in [2.05, 4.69) is 29.4 Å². The normalized spacial score (nSPS) is 18.0. The van der Waals surface area contributed by atoms with Crippen molar-refractivity contribution in [2.45, 2.75) is 34.1 Å². The highest BCUT2D eigenvalue weighted by molar-refractivity contribution is 5.97. The van der Waals surface area contributed by atoms with Crippen LogP contribution in [0.1, 0.15) is 43.1 Å². The van der Waals surface area contributed by atoms with Crippen molar-refractivity contribution in [3.05, 3.63) is 29.3 Å². The molecule has 1 saturated heterocycles. The van der Waals surface area contributed by atoms with E-state index in [4.69, 9.17) is 0 Å². The van der Waals surface area contributed by atoms with Crippen LogP contribution in [0, 0.1) is 18.8 Å². The molecule has 2 amide bonds. The summed E-state index contributed by atoms with van der Waals surface area (Å²) in [5.74, 6) is 1.07. The quantitative estimate of drug-likeness (QED) is 0.842. The topological polar surface area (TPSA) is 61.4 Å². The molecule has 0 saturated carbocycles. The Bertz CT molecular complexity index is 598. The van der Waals surface area contributed by atoms with Gasteiger partial charge in [0.15, 0.2) is 0 Å². The van der Waals surface area contributed by atoms with Crippen LogP contribution in [-0.2, 0) is 4.79 Å². The van der Waals surface area contributed by atoms with Gasteiger partial charge in [-0.25, -0.2) is 0 Å². The third-order valence-electron chi connectivity index (χ3n) is 4.34. The summed E-state index contributed by atoms with van der Waals surface area (Å²) in [4.78, 5) is 26.0. The van der Waals surface area contributed by atoms with Gasteiger partial charge in [-0.05, 0) is 55.5 Å². The van der Waals surface area contributed by atoms with Crippen molar-refractivity contribution in [3.63, 3.8) is 0 Å². The van der Waals surface area contributed by atoms with Crippen molar-refractivity contribution >= 4 is 17.5 Å². The van der Waals surface area contributed by atoms with Crippen molar-refractivity contribution in [2.75, 3.05) is 31.5 Å². The Morgan fingerprint density at radius 2 is 2.08 bits per heavy atom. The first-order valence-electron chi connectivity index (χ1n) is 8.74. The van der Waals surface area contributed by atoms with Gasteiger partial charge in [-0.1, -0.05) is 13.8 Å². The van der Waals surface area contributed by atoms with Gasteiger partial charge in [-0.3, -0.25) is 9.59 Å². The van der Waals surface area contributed by atoms with Gasteiger partial charge in [0.1, 0.15) is 0 Å². The van der Waals surface area contributed by atoms with Gasteiger partial charge >= 0.3 is 0 Å². The van der Waals surface area contributed by atoms with Gasteiger partial charge < -0.3 is 15.5 Å². The number of amides is 2. The fourth-order valence-electron chi connectivity index (χ4n) is 3.29. The van der Waals surface area contributed by atoms with E-state index in [1.807, 2.05) is 13.0 Å². The highest BCUT2D eigenvalue weighted by atomic mass is 16.2. The SMILES string of the molecule is CC(=O)Nc1ccc(C(=O)NCC2CCN(CC(C)C)C2)c(C)c1. The summed E-state index contributed by atoms with van der Waals surface area (Å²) < 4.78 is 0. The molecule has 1 atom stereocenters. The molecule has 0 spiro atoms. The minimum atomic E-state index is -0.112. The molecule has 1 unspecified atom stereocenters. The molecule has 1 heterocycles. The molecule has 24 heavy (non-hydrogen) atoms. The first-order chi connectivity index (χ1) is 11.3. The Balaban J connectivity index is 1.86. The van der Waals surface area contributed by atoms with E-state index in [9.17, 15) is 9.59 Å². The van der Waals surface area contributed by atoms with Crippen LogP contribution in [0.2, 0.25) is 0 Å². The summed E-state index contributed by atoms with van der Waals surface area (Å²) in [6.45, 7) is 11.9.